The average Bonchev–Trinajstić information content (AvgIpc) is 3.04. The molecule has 0 fully saturated rings. The van der Waals surface area contributed by atoms with Crippen LogP contribution < -0.4 is 4.72 Å². The third-order valence-electron chi connectivity index (χ3n) is 4.25. The number of rotatable bonds is 4. The molecule has 28 heavy (non-hydrogen) atoms. The Morgan fingerprint density at radius 1 is 1.04 bits per heavy atom. The predicted octanol–water partition coefficient (Wildman–Crippen LogP) is 3.91. The van der Waals surface area contributed by atoms with Crippen LogP contribution in [-0.2, 0) is 10.0 Å². The first-order chi connectivity index (χ1) is 13.3. The number of phenolic OH excluding ortho intramolecular Hbond substituents is 1. The van der Waals surface area contributed by atoms with Gasteiger partial charge in [0.2, 0.25) is 10.0 Å². The zero-order valence-electron chi connectivity index (χ0n) is 14.8. The van der Waals surface area contributed by atoms with Crippen molar-refractivity contribution in [3.05, 3.63) is 72.7 Å². The van der Waals surface area contributed by atoms with Crippen LogP contribution in [0.15, 0.2) is 66.9 Å². The number of aromatic nitrogens is 2. The Labute approximate surface area is 160 Å². The largest absolute Gasteiger partial charge is 0.505 e. The highest BCUT2D eigenvalue weighted by Gasteiger charge is 2.10. The van der Waals surface area contributed by atoms with Gasteiger partial charge in [0, 0.05) is 17.1 Å². The number of nitrogens with one attached hydrogen (secondary N) is 1. The second-order valence-electron chi connectivity index (χ2n) is 6.42. The molecule has 142 valence electrons. The number of halogens is 1. The molecule has 0 bridgehead atoms. The second kappa shape index (κ2) is 6.65. The fourth-order valence-corrected chi connectivity index (χ4v) is 3.57. The molecule has 1 heterocycles. The van der Waals surface area contributed by atoms with Gasteiger partial charge in [0.25, 0.3) is 0 Å². The SMILES string of the molecule is CS(=O)(=O)Nc1cccc(-c2ccc(-n3ncc4cc(F)c(O)cc43)cc2)c1. The van der Waals surface area contributed by atoms with Gasteiger partial charge in [-0.1, -0.05) is 24.3 Å². The molecule has 0 aliphatic carbocycles. The summed E-state index contributed by atoms with van der Waals surface area (Å²) in [6.45, 7) is 0. The Kier molecular flexibility index (Phi) is 4.27. The van der Waals surface area contributed by atoms with E-state index in [1.807, 2.05) is 30.3 Å². The highest BCUT2D eigenvalue weighted by atomic mass is 32.2. The summed E-state index contributed by atoms with van der Waals surface area (Å²) < 4.78 is 40.4. The molecule has 0 saturated carbocycles. The van der Waals surface area contributed by atoms with Crippen molar-refractivity contribution in [2.45, 2.75) is 0 Å². The number of phenols is 1. The molecule has 6 nitrogen and oxygen atoms in total. The van der Waals surface area contributed by atoms with Gasteiger partial charge in [0.15, 0.2) is 11.6 Å². The van der Waals surface area contributed by atoms with Gasteiger partial charge in [-0.25, -0.2) is 17.5 Å². The number of sulfonamides is 1. The summed E-state index contributed by atoms with van der Waals surface area (Å²) in [5, 5.41) is 14.5. The molecule has 4 rings (SSSR count). The zero-order chi connectivity index (χ0) is 19.9. The fraction of sp³-hybridized carbons (Fsp3) is 0.0500. The Morgan fingerprint density at radius 3 is 2.50 bits per heavy atom. The number of fused-ring (bicyclic) bond motifs is 1. The van der Waals surface area contributed by atoms with Crippen LogP contribution in [0.3, 0.4) is 0 Å². The standard InChI is InChI=1S/C20H16FN3O3S/c1-28(26,27)23-16-4-2-3-14(9-16)13-5-7-17(8-6-13)24-19-11-20(25)18(21)10-15(19)12-22-24/h2-12,23,25H,1H3. The van der Waals surface area contributed by atoms with E-state index in [1.165, 1.54) is 18.3 Å². The summed E-state index contributed by atoms with van der Waals surface area (Å²) >= 11 is 0. The van der Waals surface area contributed by atoms with Crippen LogP contribution in [0.4, 0.5) is 10.1 Å². The molecule has 0 aliphatic heterocycles. The molecule has 3 aromatic carbocycles. The number of hydrogen-bond donors (Lipinski definition) is 2. The van der Waals surface area contributed by atoms with Crippen molar-refractivity contribution in [2.75, 3.05) is 11.0 Å². The minimum absolute atomic E-state index is 0.430. The Morgan fingerprint density at radius 2 is 1.79 bits per heavy atom. The maximum absolute atomic E-state index is 13.5. The van der Waals surface area contributed by atoms with Crippen molar-refractivity contribution in [2.24, 2.45) is 0 Å². The first-order valence-corrected chi connectivity index (χ1v) is 10.2. The van der Waals surface area contributed by atoms with Crippen LogP contribution >= 0.6 is 0 Å². The minimum Gasteiger partial charge on any atom is -0.505 e. The second-order valence-corrected chi connectivity index (χ2v) is 8.17. The molecule has 4 aromatic rings. The lowest BCUT2D eigenvalue weighted by Gasteiger charge is -2.09. The van der Waals surface area contributed by atoms with Crippen molar-refractivity contribution >= 4 is 26.6 Å². The van der Waals surface area contributed by atoms with Crippen molar-refractivity contribution in [3.63, 3.8) is 0 Å². The van der Waals surface area contributed by atoms with E-state index >= 15 is 0 Å². The van der Waals surface area contributed by atoms with Gasteiger partial charge in [0.05, 0.1) is 23.7 Å². The van der Waals surface area contributed by atoms with E-state index in [2.05, 4.69) is 9.82 Å². The van der Waals surface area contributed by atoms with Crippen molar-refractivity contribution in [1.82, 2.24) is 9.78 Å². The number of benzene rings is 3. The van der Waals surface area contributed by atoms with Crippen molar-refractivity contribution < 1.29 is 17.9 Å². The summed E-state index contributed by atoms with van der Waals surface area (Å²) in [5.74, 6) is -1.12. The summed E-state index contributed by atoms with van der Waals surface area (Å²) in [6, 6.07) is 17.1. The molecule has 2 N–H and O–H groups in total. The smallest absolute Gasteiger partial charge is 0.229 e. The number of hydrogen-bond acceptors (Lipinski definition) is 4. The first-order valence-electron chi connectivity index (χ1n) is 8.35. The van der Waals surface area contributed by atoms with Crippen molar-refractivity contribution in [3.8, 4) is 22.6 Å². The van der Waals surface area contributed by atoms with E-state index in [0.717, 1.165) is 23.1 Å². The molecule has 0 unspecified atom stereocenters. The molecule has 0 amide bonds. The average molecular weight is 397 g/mol. The maximum atomic E-state index is 13.5. The molecule has 0 aliphatic rings. The molecule has 0 spiro atoms. The van der Waals surface area contributed by atoms with Gasteiger partial charge < -0.3 is 5.11 Å². The Balaban J connectivity index is 1.69. The molecule has 0 radical (unpaired) electrons. The van der Waals surface area contributed by atoms with Gasteiger partial charge >= 0.3 is 0 Å². The molecular weight excluding hydrogens is 381 g/mol. The fourth-order valence-electron chi connectivity index (χ4n) is 3.01. The lowest BCUT2D eigenvalue weighted by Crippen LogP contribution is -2.09. The van der Waals surface area contributed by atoms with Crippen LogP contribution in [0, 0.1) is 5.82 Å². The quantitative estimate of drug-likeness (QED) is 0.547. The monoisotopic (exact) mass is 397 g/mol. The molecule has 8 heteroatoms. The zero-order valence-corrected chi connectivity index (χ0v) is 15.6. The van der Waals surface area contributed by atoms with Crippen LogP contribution in [-0.4, -0.2) is 29.6 Å². The van der Waals surface area contributed by atoms with E-state index in [0.29, 0.717) is 16.6 Å². The van der Waals surface area contributed by atoms with E-state index < -0.39 is 21.6 Å². The number of aromatic hydroxyl groups is 1. The van der Waals surface area contributed by atoms with E-state index in [4.69, 9.17) is 0 Å². The maximum Gasteiger partial charge on any atom is 0.229 e. The molecule has 1 aromatic heterocycles. The lowest BCUT2D eigenvalue weighted by molar-refractivity contribution is 0.433. The lowest BCUT2D eigenvalue weighted by atomic mass is 10.0. The van der Waals surface area contributed by atoms with Crippen LogP contribution in [0.2, 0.25) is 0 Å². The summed E-state index contributed by atoms with van der Waals surface area (Å²) in [6.07, 6.45) is 2.64. The molecule has 0 atom stereocenters. The predicted molar refractivity (Wildman–Crippen MR) is 107 cm³/mol. The number of nitrogens with zero attached hydrogens (tertiary/aromatic N) is 2. The van der Waals surface area contributed by atoms with Gasteiger partial charge in [-0.3, -0.25) is 4.72 Å². The van der Waals surface area contributed by atoms with Gasteiger partial charge in [-0.2, -0.15) is 5.10 Å². The Bertz CT molecular complexity index is 1280. The molecular formula is C20H16FN3O3S. The van der Waals surface area contributed by atoms with Crippen LogP contribution in [0.1, 0.15) is 0 Å². The highest BCUT2D eigenvalue weighted by Crippen LogP contribution is 2.28. The molecule has 0 saturated heterocycles. The van der Waals surface area contributed by atoms with E-state index in [9.17, 15) is 17.9 Å². The Hall–Kier alpha value is -3.39. The first kappa shape index (κ1) is 18.0. The highest BCUT2D eigenvalue weighted by molar-refractivity contribution is 7.92. The van der Waals surface area contributed by atoms with E-state index in [-0.39, 0.29) is 0 Å². The summed E-state index contributed by atoms with van der Waals surface area (Å²) in [7, 11) is -3.35. The van der Waals surface area contributed by atoms with Gasteiger partial charge in [-0.05, 0) is 41.5 Å². The third-order valence-corrected chi connectivity index (χ3v) is 4.85. The number of anilines is 1. The van der Waals surface area contributed by atoms with E-state index in [1.54, 1.807) is 22.9 Å². The normalized spacial score (nSPS) is 11.6. The van der Waals surface area contributed by atoms with Crippen molar-refractivity contribution in [1.29, 1.82) is 0 Å². The summed E-state index contributed by atoms with van der Waals surface area (Å²) in [5.41, 5.74) is 3.57. The summed E-state index contributed by atoms with van der Waals surface area (Å²) in [4.78, 5) is 0. The van der Waals surface area contributed by atoms with Gasteiger partial charge in [-0.15, -0.1) is 0 Å². The van der Waals surface area contributed by atoms with Gasteiger partial charge in [0.1, 0.15) is 0 Å². The topological polar surface area (TPSA) is 84.2 Å². The van der Waals surface area contributed by atoms with Crippen LogP contribution in [0.25, 0.3) is 27.7 Å². The van der Waals surface area contributed by atoms with Crippen LogP contribution in [0.5, 0.6) is 5.75 Å². The minimum atomic E-state index is -3.35. The third kappa shape index (κ3) is 3.54.